The van der Waals surface area contributed by atoms with E-state index in [2.05, 4.69) is 26.1 Å². The Morgan fingerprint density at radius 2 is 2.00 bits per heavy atom. The Morgan fingerprint density at radius 3 is 2.47 bits per heavy atom. The number of carbonyl (C=O) groups excluding carboxylic acids is 1. The Kier molecular flexibility index (Phi) is 5.96. The molecule has 1 aliphatic rings. The molecule has 1 fully saturated rings. The molecule has 0 radical (unpaired) electrons. The van der Waals surface area contributed by atoms with Crippen molar-refractivity contribution in [2.24, 2.45) is 29.4 Å². The lowest BCUT2D eigenvalue weighted by molar-refractivity contribution is -0.122. The molecule has 3 heteroatoms. The number of hydrogen-bond acceptors (Lipinski definition) is 2. The summed E-state index contributed by atoms with van der Waals surface area (Å²) in [4.78, 5) is 11.8. The normalized spacial score (nSPS) is 19.1. The molecule has 0 heterocycles. The van der Waals surface area contributed by atoms with E-state index < -0.39 is 0 Å². The summed E-state index contributed by atoms with van der Waals surface area (Å²) in [6.07, 6.45) is 4.32. The maximum absolute atomic E-state index is 11.8. The highest BCUT2D eigenvalue weighted by molar-refractivity contribution is 5.76. The summed E-state index contributed by atoms with van der Waals surface area (Å²) < 4.78 is 0. The summed E-state index contributed by atoms with van der Waals surface area (Å²) in [6.45, 7) is 8.03. The fourth-order valence-corrected chi connectivity index (χ4v) is 2.37. The molecular formula is C14H28N2O. The van der Waals surface area contributed by atoms with Crippen LogP contribution in [0.1, 0.15) is 46.5 Å². The van der Waals surface area contributed by atoms with Crippen molar-refractivity contribution < 1.29 is 4.79 Å². The van der Waals surface area contributed by atoms with Crippen LogP contribution in [0.5, 0.6) is 0 Å². The zero-order valence-corrected chi connectivity index (χ0v) is 11.5. The predicted molar refractivity (Wildman–Crippen MR) is 71.5 cm³/mol. The number of carbonyl (C=O) groups is 1. The smallest absolute Gasteiger partial charge is 0.220 e. The van der Waals surface area contributed by atoms with Crippen LogP contribution < -0.4 is 11.1 Å². The van der Waals surface area contributed by atoms with Crippen molar-refractivity contribution in [2.45, 2.75) is 46.5 Å². The molecule has 1 aliphatic carbocycles. The molecule has 2 unspecified atom stereocenters. The van der Waals surface area contributed by atoms with Gasteiger partial charge in [0.15, 0.2) is 0 Å². The minimum Gasteiger partial charge on any atom is -0.356 e. The lowest BCUT2D eigenvalue weighted by Crippen LogP contribution is -2.32. The van der Waals surface area contributed by atoms with Crippen LogP contribution in [0.25, 0.3) is 0 Å². The van der Waals surface area contributed by atoms with E-state index in [0.29, 0.717) is 30.7 Å². The minimum absolute atomic E-state index is 0.175. The van der Waals surface area contributed by atoms with Crippen LogP contribution in [0.2, 0.25) is 0 Å². The van der Waals surface area contributed by atoms with Crippen molar-refractivity contribution in [1.29, 1.82) is 0 Å². The topological polar surface area (TPSA) is 55.1 Å². The molecule has 17 heavy (non-hydrogen) atoms. The molecule has 0 aromatic heterocycles. The molecule has 2 atom stereocenters. The van der Waals surface area contributed by atoms with E-state index in [1.165, 1.54) is 12.8 Å². The quantitative estimate of drug-likeness (QED) is 0.683. The molecule has 1 rings (SSSR count). The lowest BCUT2D eigenvalue weighted by Gasteiger charge is -2.17. The highest BCUT2D eigenvalue weighted by Crippen LogP contribution is 2.36. The zero-order chi connectivity index (χ0) is 12.8. The van der Waals surface area contributed by atoms with Crippen LogP contribution in [0.4, 0.5) is 0 Å². The van der Waals surface area contributed by atoms with E-state index in [0.717, 1.165) is 18.9 Å². The van der Waals surface area contributed by atoms with Crippen molar-refractivity contribution in [3.63, 3.8) is 0 Å². The van der Waals surface area contributed by atoms with Gasteiger partial charge >= 0.3 is 0 Å². The van der Waals surface area contributed by atoms with E-state index in [1.54, 1.807) is 0 Å². The van der Waals surface area contributed by atoms with Gasteiger partial charge in [-0.1, -0.05) is 20.8 Å². The largest absolute Gasteiger partial charge is 0.356 e. The summed E-state index contributed by atoms with van der Waals surface area (Å²) in [5, 5.41) is 3.05. The zero-order valence-electron chi connectivity index (χ0n) is 11.5. The SMILES string of the molecule is CC(C)CC(CN)CC(=O)NCC(C)C1CC1. The molecule has 0 saturated heterocycles. The van der Waals surface area contributed by atoms with Gasteiger partial charge in [-0.15, -0.1) is 0 Å². The molecule has 100 valence electrons. The fourth-order valence-electron chi connectivity index (χ4n) is 2.37. The van der Waals surface area contributed by atoms with Gasteiger partial charge in [0.25, 0.3) is 0 Å². The summed E-state index contributed by atoms with van der Waals surface area (Å²) in [5.74, 6) is 2.62. The maximum Gasteiger partial charge on any atom is 0.220 e. The monoisotopic (exact) mass is 240 g/mol. The maximum atomic E-state index is 11.8. The second-order valence-corrected chi connectivity index (χ2v) is 6.05. The minimum atomic E-state index is 0.175. The fraction of sp³-hybridized carbons (Fsp3) is 0.929. The average molecular weight is 240 g/mol. The van der Waals surface area contributed by atoms with Gasteiger partial charge in [-0.3, -0.25) is 4.79 Å². The first-order valence-corrected chi connectivity index (χ1v) is 6.99. The van der Waals surface area contributed by atoms with Crippen molar-refractivity contribution >= 4 is 5.91 Å². The first-order valence-electron chi connectivity index (χ1n) is 6.99. The first kappa shape index (κ1) is 14.5. The van der Waals surface area contributed by atoms with Crippen LogP contribution in [0, 0.1) is 23.7 Å². The van der Waals surface area contributed by atoms with Crippen molar-refractivity contribution in [3.05, 3.63) is 0 Å². The summed E-state index contributed by atoms with van der Waals surface area (Å²) in [5.41, 5.74) is 5.70. The van der Waals surface area contributed by atoms with Gasteiger partial charge in [0.05, 0.1) is 0 Å². The Balaban J connectivity index is 2.17. The van der Waals surface area contributed by atoms with Crippen molar-refractivity contribution in [1.82, 2.24) is 5.32 Å². The van der Waals surface area contributed by atoms with Crippen molar-refractivity contribution in [2.75, 3.05) is 13.1 Å². The Labute approximate surface area is 106 Å². The average Bonchev–Trinajstić information content (AvgIpc) is 3.08. The number of nitrogens with one attached hydrogen (secondary N) is 1. The van der Waals surface area contributed by atoms with Crippen LogP contribution in [0.15, 0.2) is 0 Å². The molecule has 0 bridgehead atoms. The summed E-state index contributed by atoms with van der Waals surface area (Å²) >= 11 is 0. The highest BCUT2D eigenvalue weighted by Gasteiger charge is 2.27. The van der Waals surface area contributed by atoms with Gasteiger partial charge in [0, 0.05) is 13.0 Å². The molecule has 0 aliphatic heterocycles. The number of hydrogen-bond donors (Lipinski definition) is 2. The number of amides is 1. The predicted octanol–water partition coefficient (Wildman–Crippen LogP) is 2.16. The molecule has 1 amide bonds. The van der Waals surface area contributed by atoms with Crippen LogP contribution in [-0.4, -0.2) is 19.0 Å². The third kappa shape index (κ3) is 6.06. The summed E-state index contributed by atoms with van der Waals surface area (Å²) in [7, 11) is 0. The van der Waals surface area contributed by atoms with E-state index in [-0.39, 0.29) is 5.91 Å². The van der Waals surface area contributed by atoms with Gasteiger partial charge < -0.3 is 11.1 Å². The Bertz CT molecular complexity index is 236. The highest BCUT2D eigenvalue weighted by atomic mass is 16.1. The Morgan fingerprint density at radius 1 is 1.35 bits per heavy atom. The van der Waals surface area contributed by atoms with Crippen molar-refractivity contribution in [3.8, 4) is 0 Å². The molecular weight excluding hydrogens is 212 g/mol. The standard InChI is InChI=1S/C14H28N2O/c1-10(2)6-12(8-15)7-14(17)16-9-11(3)13-4-5-13/h10-13H,4-9,15H2,1-3H3,(H,16,17). The third-order valence-corrected chi connectivity index (χ3v) is 3.66. The van der Waals surface area contributed by atoms with Gasteiger partial charge in [0.1, 0.15) is 0 Å². The van der Waals surface area contributed by atoms with Crippen LogP contribution in [0.3, 0.4) is 0 Å². The Hall–Kier alpha value is -0.570. The molecule has 3 N–H and O–H groups in total. The number of rotatable bonds is 8. The lowest BCUT2D eigenvalue weighted by atomic mass is 9.94. The van der Waals surface area contributed by atoms with Gasteiger partial charge in [-0.25, -0.2) is 0 Å². The second kappa shape index (κ2) is 7.00. The van der Waals surface area contributed by atoms with E-state index >= 15 is 0 Å². The molecule has 0 aromatic carbocycles. The number of nitrogens with two attached hydrogens (primary N) is 1. The molecule has 1 saturated carbocycles. The second-order valence-electron chi connectivity index (χ2n) is 6.05. The van der Waals surface area contributed by atoms with E-state index in [4.69, 9.17) is 5.73 Å². The van der Waals surface area contributed by atoms with Crippen LogP contribution >= 0.6 is 0 Å². The molecule has 0 spiro atoms. The molecule has 3 nitrogen and oxygen atoms in total. The van der Waals surface area contributed by atoms with Gasteiger partial charge in [0.2, 0.25) is 5.91 Å². The van der Waals surface area contributed by atoms with Gasteiger partial charge in [-0.2, -0.15) is 0 Å². The molecule has 0 aromatic rings. The van der Waals surface area contributed by atoms with E-state index in [1.807, 2.05) is 0 Å². The van der Waals surface area contributed by atoms with E-state index in [9.17, 15) is 4.79 Å². The third-order valence-electron chi connectivity index (χ3n) is 3.66. The summed E-state index contributed by atoms with van der Waals surface area (Å²) in [6, 6.07) is 0. The first-order chi connectivity index (χ1) is 8.02. The van der Waals surface area contributed by atoms with Crippen LogP contribution in [-0.2, 0) is 4.79 Å². The van der Waals surface area contributed by atoms with Gasteiger partial charge in [-0.05, 0) is 49.5 Å².